The van der Waals surface area contributed by atoms with Crippen molar-refractivity contribution in [3.8, 4) is 10.6 Å². The van der Waals surface area contributed by atoms with E-state index in [9.17, 15) is 4.79 Å². The van der Waals surface area contributed by atoms with E-state index in [1.165, 1.54) is 24.2 Å². The third-order valence-corrected chi connectivity index (χ3v) is 4.79. The van der Waals surface area contributed by atoms with E-state index in [0.717, 1.165) is 16.2 Å². The van der Waals surface area contributed by atoms with Gasteiger partial charge in [-0.3, -0.25) is 4.79 Å². The summed E-state index contributed by atoms with van der Waals surface area (Å²) in [7, 11) is 0. The summed E-state index contributed by atoms with van der Waals surface area (Å²) in [4.78, 5) is 25.0. The van der Waals surface area contributed by atoms with Gasteiger partial charge in [0.25, 0.3) is 5.56 Å². The maximum atomic E-state index is 12.4. The average molecular weight is 309 g/mol. The van der Waals surface area contributed by atoms with E-state index in [4.69, 9.17) is 0 Å². The monoisotopic (exact) mass is 309 g/mol. The number of thiophene rings is 1. The molecule has 0 aromatic carbocycles. The number of hydrogen-bond acceptors (Lipinski definition) is 5. The Morgan fingerprint density at radius 3 is 3.05 bits per heavy atom. The Hall–Kier alpha value is -2.54. The summed E-state index contributed by atoms with van der Waals surface area (Å²) in [5.74, 6) is 0.543. The smallest absolute Gasteiger partial charge is 0.276 e. The van der Waals surface area contributed by atoms with Gasteiger partial charge < -0.3 is 4.98 Å². The van der Waals surface area contributed by atoms with Gasteiger partial charge in [-0.25, -0.2) is 9.97 Å². The second-order valence-corrected chi connectivity index (χ2v) is 6.45. The predicted molar refractivity (Wildman–Crippen MR) is 84.2 cm³/mol. The SMILES string of the molecule is O=c1[nH]c2c(cnc3cc(C4CC4)nn32)nc1-c1cccs1. The molecule has 0 spiro atoms. The number of fused-ring (bicyclic) bond motifs is 3. The van der Waals surface area contributed by atoms with Crippen LogP contribution >= 0.6 is 11.3 Å². The fourth-order valence-corrected chi connectivity index (χ4v) is 3.35. The Labute approximate surface area is 128 Å². The van der Waals surface area contributed by atoms with E-state index in [1.54, 1.807) is 10.7 Å². The minimum Gasteiger partial charge on any atom is -0.303 e. The highest BCUT2D eigenvalue weighted by molar-refractivity contribution is 7.13. The molecule has 4 aromatic rings. The van der Waals surface area contributed by atoms with Gasteiger partial charge in [0.15, 0.2) is 11.3 Å². The highest BCUT2D eigenvalue weighted by atomic mass is 32.1. The lowest BCUT2D eigenvalue weighted by Crippen LogP contribution is -2.13. The van der Waals surface area contributed by atoms with Gasteiger partial charge in [0, 0.05) is 12.0 Å². The van der Waals surface area contributed by atoms with E-state index in [1.807, 2.05) is 23.6 Å². The summed E-state index contributed by atoms with van der Waals surface area (Å²) in [5.41, 5.74) is 3.26. The van der Waals surface area contributed by atoms with Gasteiger partial charge in [-0.1, -0.05) is 6.07 Å². The van der Waals surface area contributed by atoms with E-state index < -0.39 is 0 Å². The standard InChI is InChI=1S/C15H11N5OS/c21-15-13(11-2-1-5-22-11)17-10-7-16-12-6-9(8-3-4-8)19-20(12)14(10)18-15/h1-2,5-8H,3-4H2,(H,18,21). The van der Waals surface area contributed by atoms with Gasteiger partial charge >= 0.3 is 0 Å². The zero-order valence-electron chi connectivity index (χ0n) is 11.5. The molecule has 0 bridgehead atoms. The van der Waals surface area contributed by atoms with Crippen molar-refractivity contribution in [2.75, 3.05) is 0 Å². The van der Waals surface area contributed by atoms with Crippen LogP contribution in [0.1, 0.15) is 24.5 Å². The first-order valence-electron chi connectivity index (χ1n) is 7.12. The molecule has 108 valence electrons. The lowest BCUT2D eigenvalue weighted by atomic mass is 10.3. The fourth-order valence-electron chi connectivity index (χ4n) is 2.64. The molecule has 6 nitrogen and oxygen atoms in total. The summed E-state index contributed by atoms with van der Waals surface area (Å²) >= 11 is 1.49. The molecule has 0 radical (unpaired) electrons. The predicted octanol–water partition coefficient (Wildman–Crippen LogP) is 2.57. The van der Waals surface area contributed by atoms with Crippen LogP contribution in [0.4, 0.5) is 0 Å². The van der Waals surface area contributed by atoms with E-state index in [-0.39, 0.29) is 5.56 Å². The van der Waals surface area contributed by atoms with Gasteiger partial charge in [-0.2, -0.15) is 9.61 Å². The van der Waals surface area contributed by atoms with Crippen LogP contribution in [-0.2, 0) is 0 Å². The topological polar surface area (TPSA) is 75.9 Å². The number of nitrogens with one attached hydrogen (secondary N) is 1. The van der Waals surface area contributed by atoms with Crippen LogP contribution in [0.2, 0.25) is 0 Å². The molecule has 7 heteroatoms. The van der Waals surface area contributed by atoms with Crippen LogP contribution in [-0.4, -0.2) is 24.6 Å². The van der Waals surface area contributed by atoms with Crippen LogP contribution in [0.3, 0.4) is 0 Å². The van der Waals surface area contributed by atoms with Crippen LogP contribution < -0.4 is 5.56 Å². The van der Waals surface area contributed by atoms with Gasteiger partial charge in [0.05, 0.1) is 16.8 Å². The Bertz CT molecular complexity index is 1060. The number of aromatic nitrogens is 5. The third-order valence-electron chi connectivity index (χ3n) is 3.91. The molecule has 4 aromatic heterocycles. The number of nitrogens with zero attached hydrogens (tertiary/aromatic N) is 4. The van der Waals surface area contributed by atoms with Gasteiger partial charge in [0.1, 0.15) is 11.2 Å². The molecule has 1 saturated carbocycles. The maximum Gasteiger partial charge on any atom is 0.276 e. The number of rotatable bonds is 2. The van der Waals surface area contributed by atoms with Crippen LogP contribution in [0, 0.1) is 0 Å². The minimum absolute atomic E-state index is 0.203. The summed E-state index contributed by atoms with van der Waals surface area (Å²) in [6.07, 6.45) is 4.05. The van der Waals surface area contributed by atoms with Crippen molar-refractivity contribution in [1.82, 2.24) is 24.6 Å². The Morgan fingerprint density at radius 1 is 1.36 bits per heavy atom. The molecule has 1 fully saturated rings. The zero-order valence-corrected chi connectivity index (χ0v) is 12.3. The largest absolute Gasteiger partial charge is 0.303 e. The molecule has 5 rings (SSSR count). The molecule has 4 heterocycles. The van der Waals surface area contributed by atoms with Crippen molar-refractivity contribution in [3.63, 3.8) is 0 Å². The zero-order chi connectivity index (χ0) is 14.7. The van der Waals surface area contributed by atoms with Gasteiger partial charge in [-0.15, -0.1) is 11.3 Å². The summed E-state index contributed by atoms with van der Waals surface area (Å²) in [6, 6.07) is 5.78. The molecule has 0 unspecified atom stereocenters. The second-order valence-electron chi connectivity index (χ2n) is 5.50. The van der Waals surface area contributed by atoms with Crippen molar-refractivity contribution in [1.29, 1.82) is 0 Å². The molecule has 0 aliphatic heterocycles. The minimum atomic E-state index is -0.203. The van der Waals surface area contributed by atoms with E-state index >= 15 is 0 Å². The fraction of sp³-hybridized carbons (Fsp3) is 0.200. The third kappa shape index (κ3) is 1.72. The first-order chi connectivity index (χ1) is 10.8. The molecular formula is C15H11N5OS. The average Bonchev–Trinajstić information content (AvgIpc) is 3.07. The first kappa shape index (κ1) is 12.0. The van der Waals surface area contributed by atoms with Crippen molar-refractivity contribution < 1.29 is 0 Å². The Balaban J connectivity index is 1.80. The molecule has 1 N–H and O–H groups in total. The molecule has 0 atom stereocenters. The molecule has 0 amide bonds. The normalized spacial score (nSPS) is 14.9. The van der Waals surface area contributed by atoms with Crippen molar-refractivity contribution in [3.05, 3.63) is 45.8 Å². The molecular weight excluding hydrogens is 298 g/mol. The maximum absolute atomic E-state index is 12.4. The summed E-state index contributed by atoms with van der Waals surface area (Å²) in [5, 5.41) is 6.51. The quantitative estimate of drug-likeness (QED) is 0.617. The molecule has 22 heavy (non-hydrogen) atoms. The lowest BCUT2D eigenvalue weighted by Gasteiger charge is -2.02. The van der Waals surface area contributed by atoms with Crippen LogP contribution in [0.25, 0.3) is 27.4 Å². The summed E-state index contributed by atoms with van der Waals surface area (Å²) < 4.78 is 1.69. The molecule has 1 aliphatic rings. The van der Waals surface area contributed by atoms with Crippen molar-refractivity contribution in [2.24, 2.45) is 0 Å². The lowest BCUT2D eigenvalue weighted by molar-refractivity contribution is 0.893. The van der Waals surface area contributed by atoms with Crippen molar-refractivity contribution >= 4 is 28.1 Å². The first-order valence-corrected chi connectivity index (χ1v) is 8.00. The van der Waals surface area contributed by atoms with Crippen molar-refractivity contribution in [2.45, 2.75) is 18.8 Å². The number of aromatic amines is 1. The Kier molecular flexibility index (Phi) is 2.32. The number of hydrogen-bond donors (Lipinski definition) is 1. The van der Waals surface area contributed by atoms with Gasteiger partial charge in [0.2, 0.25) is 0 Å². The Morgan fingerprint density at radius 2 is 2.27 bits per heavy atom. The van der Waals surface area contributed by atoms with Gasteiger partial charge in [-0.05, 0) is 24.3 Å². The van der Waals surface area contributed by atoms with E-state index in [0.29, 0.717) is 22.8 Å². The number of H-pyrrole nitrogens is 1. The van der Waals surface area contributed by atoms with Crippen LogP contribution in [0.5, 0.6) is 0 Å². The second kappa shape index (κ2) is 4.23. The summed E-state index contributed by atoms with van der Waals surface area (Å²) in [6.45, 7) is 0. The van der Waals surface area contributed by atoms with Crippen LogP contribution in [0.15, 0.2) is 34.6 Å². The highest BCUT2D eigenvalue weighted by Crippen LogP contribution is 2.39. The molecule has 0 saturated heterocycles. The molecule has 1 aliphatic carbocycles. The van der Waals surface area contributed by atoms with E-state index in [2.05, 4.69) is 20.1 Å². The highest BCUT2D eigenvalue weighted by Gasteiger charge is 2.27.